The van der Waals surface area contributed by atoms with Crippen LogP contribution in [0.1, 0.15) is 0 Å². The minimum atomic E-state index is -1.11. The van der Waals surface area contributed by atoms with Gasteiger partial charge in [-0.1, -0.05) is 39.3 Å². The van der Waals surface area contributed by atoms with Gasteiger partial charge in [-0.3, -0.25) is 0 Å². The molecule has 0 radical (unpaired) electrons. The summed E-state index contributed by atoms with van der Waals surface area (Å²) in [7, 11) is -2.23. The summed E-state index contributed by atoms with van der Waals surface area (Å²) in [6.45, 7) is 14.2. The summed E-state index contributed by atoms with van der Waals surface area (Å²) < 4.78 is 2.94. The molecule has 0 spiro atoms. The summed E-state index contributed by atoms with van der Waals surface area (Å²) in [5, 5.41) is 0. The maximum absolute atomic E-state index is 3.59. The van der Waals surface area contributed by atoms with E-state index in [0.717, 1.165) is 0 Å². The van der Waals surface area contributed by atoms with Gasteiger partial charge in [-0.15, -0.1) is 5.73 Å². The van der Waals surface area contributed by atoms with Crippen molar-refractivity contribution in [3.63, 3.8) is 0 Å². The first-order valence-electron chi connectivity index (χ1n) is 4.38. The van der Waals surface area contributed by atoms with Crippen LogP contribution in [0.25, 0.3) is 0 Å². The van der Waals surface area contributed by atoms with E-state index in [1.165, 1.54) is 6.41 Å². The molecule has 0 heterocycles. The van der Waals surface area contributed by atoms with Gasteiger partial charge in [-0.2, -0.15) is 0 Å². The molecule has 4 heteroatoms. The lowest BCUT2D eigenvalue weighted by atomic mass is 11.0. The molecule has 0 aliphatic rings. The van der Waals surface area contributed by atoms with Crippen LogP contribution in [0.5, 0.6) is 0 Å². The van der Waals surface area contributed by atoms with Crippen LogP contribution in [0.4, 0.5) is 0 Å². The number of hydrogen-bond acceptors (Lipinski definition) is 0. The Labute approximate surface area is 112 Å². The summed E-state index contributed by atoms with van der Waals surface area (Å²) >= 11 is 4.93. The fourth-order valence-electron chi connectivity index (χ4n) is 0.471. The Morgan fingerprint density at radius 1 is 0.769 bits per heavy atom. The highest BCUT2D eigenvalue weighted by molar-refractivity contribution is 14.1. The standard InChI is InChI=1S/C9H18I2Si2/c1-12(2,3)8(10)7-9(11)13(4,5)6/h1-6H3. The lowest BCUT2D eigenvalue weighted by molar-refractivity contribution is 1.74. The molecule has 0 bridgehead atoms. The zero-order chi connectivity index (χ0) is 10.9. The van der Waals surface area contributed by atoms with E-state index < -0.39 is 16.1 Å². The lowest BCUT2D eigenvalue weighted by Crippen LogP contribution is -2.22. The molecule has 0 aromatic carbocycles. The van der Waals surface area contributed by atoms with Gasteiger partial charge in [0.15, 0.2) is 0 Å². The Balaban J connectivity index is 5.13. The molecule has 0 N–H and O–H groups in total. The second kappa shape index (κ2) is 4.96. The van der Waals surface area contributed by atoms with E-state index in [1.54, 1.807) is 0 Å². The first-order chi connectivity index (χ1) is 5.55. The van der Waals surface area contributed by atoms with Crippen LogP contribution in [-0.2, 0) is 0 Å². The minimum Gasteiger partial charge on any atom is -0.110 e. The van der Waals surface area contributed by atoms with Gasteiger partial charge in [0, 0.05) is 6.41 Å². The van der Waals surface area contributed by atoms with Gasteiger partial charge in [0.2, 0.25) is 0 Å². The monoisotopic (exact) mass is 436 g/mol. The van der Waals surface area contributed by atoms with Crippen LogP contribution < -0.4 is 0 Å². The van der Waals surface area contributed by atoms with Crippen LogP contribution in [0.15, 0.2) is 12.1 Å². The van der Waals surface area contributed by atoms with Gasteiger partial charge in [0.05, 0.1) is 16.1 Å². The average Bonchev–Trinajstić information content (AvgIpc) is 1.82. The first-order valence-corrected chi connectivity index (χ1v) is 13.5. The Morgan fingerprint density at radius 3 is 1.15 bits per heavy atom. The van der Waals surface area contributed by atoms with Crippen molar-refractivity contribution in [3.8, 4) is 0 Å². The smallest absolute Gasteiger partial charge is 0.0955 e. The molecule has 0 nitrogen and oxygen atoms in total. The molecule has 0 atom stereocenters. The van der Waals surface area contributed by atoms with E-state index in [-0.39, 0.29) is 0 Å². The third-order valence-electron chi connectivity index (χ3n) is 1.54. The van der Waals surface area contributed by atoms with Gasteiger partial charge in [-0.25, -0.2) is 0 Å². The Hall–Kier alpha value is 1.41. The Kier molecular flexibility index (Phi) is 5.50. The summed E-state index contributed by atoms with van der Waals surface area (Å²) in [5.74, 6) is 0. The van der Waals surface area contributed by atoms with Crippen molar-refractivity contribution in [2.24, 2.45) is 0 Å². The van der Waals surface area contributed by atoms with Crippen molar-refractivity contribution in [2.75, 3.05) is 0 Å². The predicted octanol–water partition coefficient (Wildman–Crippen LogP) is 4.98. The molecule has 13 heavy (non-hydrogen) atoms. The Morgan fingerprint density at radius 2 is 1.00 bits per heavy atom. The highest BCUT2D eigenvalue weighted by atomic mass is 127. The van der Waals surface area contributed by atoms with Crippen LogP contribution in [0.2, 0.25) is 39.3 Å². The van der Waals surface area contributed by atoms with E-state index >= 15 is 0 Å². The van der Waals surface area contributed by atoms with Crippen LogP contribution in [-0.4, -0.2) is 16.1 Å². The van der Waals surface area contributed by atoms with E-state index in [1.807, 2.05) is 0 Å². The van der Waals surface area contributed by atoms with Gasteiger partial charge in [0.25, 0.3) is 0 Å². The second-order valence-electron chi connectivity index (χ2n) is 5.25. The van der Waals surface area contributed by atoms with Crippen molar-refractivity contribution in [3.05, 3.63) is 12.1 Å². The summed E-state index contributed by atoms with van der Waals surface area (Å²) in [5.41, 5.74) is 3.59. The van der Waals surface area contributed by atoms with Gasteiger partial charge >= 0.3 is 0 Å². The fraction of sp³-hybridized carbons (Fsp3) is 0.667. The molecular formula is C9H18I2Si2. The molecule has 0 fully saturated rings. The van der Waals surface area contributed by atoms with Crippen molar-refractivity contribution in [2.45, 2.75) is 39.3 Å². The number of rotatable bonds is 2. The predicted molar refractivity (Wildman–Crippen MR) is 85.3 cm³/mol. The molecule has 0 saturated heterocycles. The molecule has 0 saturated carbocycles. The molecule has 0 amide bonds. The summed E-state index contributed by atoms with van der Waals surface area (Å²) in [6.07, 6.45) is 0. The van der Waals surface area contributed by atoms with Crippen molar-refractivity contribution in [1.29, 1.82) is 0 Å². The average molecular weight is 436 g/mol. The largest absolute Gasteiger partial charge is 0.110 e. The quantitative estimate of drug-likeness (QED) is 0.326. The van der Waals surface area contributed by atoms with Gasteiger partial charge in [-0.05, 0) is 45.2 Å². The molecule has 0 unspecified atom stereocenters. The number of hydrogen-bond donors (Lipinski definition) is 0. The topological polar surface area (TPSA) is 0 Å². The van der Waals surface area contributed by atoms with Crippen molar-refractivity contribution < 1.29 is 0 Å². The van der Waals surface area contributed by atoms with Gasteiger partial charge in [0.1, 0.15) is 0 Å². The van der Waals surface area contributed by atoms with Crippen molar-refractivity contribution in [1.82, 2.24) is 0 Å². The maximum atomic E-state index is 3.59. The van der Waals surface area contributed by atoms with E-state index in [4.69, 9.17) is 0 Å². The third-order valence-corrected chi connectivity index (χ3v) is 14.7. The number of halogens is 2. The SMILES string of the molecule is C[Si](C)(C)C(I)=C=C(I)[Si](C)(C)C. The first kappa shape index (κ1) is 14.4. The van der Waals surface area contributed by atoms with Crippen LogP contribution >= 0.6 is 45.2 Å². The minimum absolute atomic E-state index is 1.11. The highest BCUT2D eigenvalue weighted by Gasteiger charge is 2.20. The fourth-order valence-corrected chi connectivity index (χ4v) is 3.16. The maximum Gasteiger partial charge on any atom is 0.0955 e. The zero-order valence-electron chi connectivity index (χ0n) is 9.26. The summed E-state index contributed by atoms with van der Waals surface area (Å²) in [4.78, 5) is 0. The Bertz CT molecular complexity index is 226. The van der Waals surface area contributed by atoms with Crippen LogP contribution in [0.3, 0.4) is 0 Å². The van der Waals surface area contributed by atoms with E-state index in [9.17, 15) is 0 Å². The molecule has 0 aromatic heterocycles. The molecule has 0 aromatic rings. The van der Waals surface area contributed by atoms with Crippen molar-refractivity contribution >= 4 is 61.3 Å². The lowest BCUT2D eigenvalue weighted by Gasteiger charge is -2.16. The molecule has 76 valence electrons. The van der Waals surface area contributed by atoms with Gasteiger partial charge < -0.3 is 0 Å². The highest BCUT2D eigenvalue weighted by Crippen LogP contribution is 2.25. The van der Waals surface area contributed by atoms with Crippen LogP contribution in [0, 0.1) is 0 Å². The second-order valence-corrected chi connectivity index (χ2v) is 19.4. The summed E-state index contributed by atoms with van der Waals surface area (Å²) in [6, 6.07) is 0. The third kappa shape index (κ3) is 5.76. The molecule has 0 rings (SSSR count). The zero-order valence-corrected chi connectivity index (χ0v) is 15.6. The molecule has 0 aliphatic carbocycles. The van der Waals surface area contributed by atoms with E-state index in [0.29, 0.717) is 0 Å². The van der Waals surface area contributed by atoms with E-state index in [2.05, 4.69) is 90.2 Å². The normalized spacial score (nSPS) is 12.3. The molecular weight excluding hydrogens is 418 g/mol. The molecule has 0 aliphatic heterocycles.